The van der Waals surface area contributed by atoms with Gasteiger partial charge in [0, 0.05) is 18.8 Å². The molecule has 0 saturated heterocycles. The van der Waals surface area contributed by atoms with E-state index in [0.29, 0.717) is 18.0 Å². The Bertz CT molecular complexity index is 393. The molecule has 18 heavy (non-hydrogen) atoms. The van der Waals surface area contributed by atoms with Crippen LogP contribution in [0.2, 0.25) is 0 Å². The summed E-state index contributed by atoms with van der Waals surface area (Å²) in [5.74, 6) is 0.346. The Balaban J connectivity index is 2.37. The summed E-state index contributed by atoms with van der Waals surface area (Å²) in [6.07, 6.45) is 3.53. The van der Waals surface area contributed by atoms with Crippen LogP contribution in [0.25, 0.3) is 0 Å². The summed E-state index contributed by atoms with van der Waals surface area (Å²) < 4.78 is 1.42. The average molecular weight is 273 g/mol. The predicted octanol–water partition coefficient (Wildman–Crippen LogP) is -1.03. The van der Waals surface area contributed by atoms with Crippen LogP contribution in [-0.2, 0) is 17.9 Å². The largest absolute Gasteiger partial charge is 0.387 e. The monoisotopic (exact) mass is 273 g/mol. The number of aliphatic hydroxyl groups is 1. The number of nitrogens with one attached hydrogen (secondary N) is 1. The van der Waals surface area contributed by atoms with Crippen molar-refractivity contribution < 1.29 is 9.90 Å². The molecule has 0 aliphatic heterocycles. The first-order valence-electron chi connectivity index (χ1n) is 5.54. The van der Waals surface area contributed by atoms with Crippen LogP contribution in [0.4, 0.5) is 0 Å². The van der Waals surface area contributed by atoms with Crippen molar-refractivity contribution in [2.45, 2.75) is 25.6 Å². The fraction of sp³-hybridized carbons (Fsp3) is 0.700. The van der Waals surface area contributed by atoms with E-state index in [1.165, 1.54) is 16.4 Å². The number of carbonyl (C=O) groups excluding carboxylic acids is 1. The van der Waals surface area contributed by atoms with Gasteiger partial charge in [-0.1, -0.05) is 5.21 Å². The minimum absolute atomic E-state index is 0.0718. The lowest BCUT2D eigenvalue weighted by Gasteiger charge is -2.22. The number of nitrogens with two attached hydrogens (primary N) is 1. The van der Waals surface area contributed by atoms with Crippen LogP contribution in [0.5, 0.6) is 0 Å². The number of hydrogen-bond acceptors (Lipinski definition) is 6. The zero-order valence-corrected chi connectivity index (χ0v) is 11.4. The summed E-state index contributed by atoms with van der Waals surface area (Å²) in [6.45, 7) is 2.27. The molecule has 1 aromatic rings. The van der Waals surface area contributed by atoms with Crippen molar-refractivity contribution in [3.63, 3.8) is 0 Å². The lowest BCUT2D eigenvalue weighted by molar-refractivity contribution is -0.122. The van der Waals surface area contributed by atoms with E-state index in [2.05, 4.69) is 15.6 Å². The number of aromatic nitrogens is 3. The Labute approximate surface area is 110 Å². The number of carbonyl (C=O) groups is 1. The Kier molecular flexibility index (Phi) is 5.57. The quantitative estimate of drug-likeness (QED) is 0.586. The Hall–Kier alpha value is -1.12. The summed E-state index contributed by atoms with van der Waals surface area (Å²) in [6, 6.07) is 0. The second-order valence-corrected chi connectivity index (χ2v) is 5.18. The zero-order chi connectivity index (χ0) is 13.6. The summed E-state index contributed by atoms with van der Waals surface area (Å²) in [5.41, 5.74) is 5.12. The Morgan fingerprint density at radius 1 is 1.72 bits per heavy atom. The van der Waals surface area contributed by atoms with Gasteiger partial charge in [-0.25, -0.2) is 4.68 Å². The van der Waals surface area contributed by atoms with Gasteiger partial charge in [0.05, 0.1) is 17.5 Å². The summed E-state index contributed by atoms with van der Waals surface area (Å²) in [7, 11) is 0. The first-order valence-corrected chi connectivity index (χ1v) is 6.93. The van der Waals surface area contributed by atoms with Gasteiger partial charge < -0.3 is 16.2 Å². The van der Waals surface area contributed by atoms with Gasteiger partial charge in [-0.05, 0) is 13.2 Å². The number of nitrogens with zero attached hydrogens (tertiary/aromatic N) is 3. The molecule has 0 aromatic carbocycles. The molecule has 1 unspecified atom stereocenters. The maximum atomic E-state index is 11.6. The van der Waals surface area contributed by atoms with E-state index in [-0.39, 0.29) is 19.0 Å². The number of hydrogen-bond donors (Lipinski definition) is 3. The number of amides is 1. The molecule has 4 N–H and O–H groups in total. The van der Waals surface area contributed by atoms with Crippen molar-refractivity contribution in [2.24, 2.45) is 5.73 Å². The van der Waals surface area contributed by atoms with Crippen LogP contribution in [0.15, 0.2) is 6.20 Å². The van der Waals surface area contributed by atoms with Crippen LogP contribution in [0, 0.1) is 0 Å². The van der Waals surface area contributed by atoms with Crippen molar-refractivity contribution in [3.8, 4) is 0 Å². The van der Waals surface area contributed by atoms with Crippen molar-refractivity contribution in [1.29, 1.82) is 0 Å². The number of thioether (sulfide) groups is 1. The van der Waals surface area contributed by atoms with Gasteiger partial charge in [-0.15, -0.1) is 5.10 Å². The van der Waals surface area contributed by atoms with Gasteiger partial charge in [0.15, 0.2) is 0 Å². The lowest BCUT2D eigenvalue weighted by atomic mass is 10.1. The average Bonchev–Trinajstić information content (AvgIpc) is 2.74. The normalized spacial score (nSPS) is 14.2. The van der Waals surface area contributed by atoms with E-state index in [1.54, 1.807) is 13.1 Å². The topological polar surface area (TPSA) is 106 Å². The van der Waals surface area contributed by atoms with Crippen molar-refractivity contribution >= 4 is 17.7 Å². The fourth-order valence-electron chi connectivity index (χ4n) is 1.36. The highest BCUT2D eigenvalue weighted by atomic mass is 32.2. The van der Waals surface area contributed by atoms with E-state index in [9.17, 15) is 9.90 Å². The molecule has 8 heteroatoms. The molecular formula is C10H19N5O2S. The molecule has 0 bridgehead atoms. The highest BCUT2D eigenvalue weighted by Crippen LogP contribution is 2.08. The van der Waals surface area contributed by atoms with Gasteiger partial charge in [-0.2, -0.15) is 11.8 Å². The minimum atomic E-state index is -0.903. The summed E-state index contributed by atoms with van der Waals surface area (Å²) in [5, 5.41) is 20.1. The third kappa shape index (κ3) is 5.03. The summed E-state index contributed by atoms with van der Waals surface area (Å²) >= 11 is 1.53. The first-order chi connectivity index (χ1) is 8.46. The highest BCUT2D eigenvalue weighted by molar-refractivity contribution is 7.98. The highest BCUT2D eigenvalue weighted by Gasteiger charge is 2.20. The first kappa shape index (κ1) is 14.9. The van der Waals surface area contributed by atoms with Crippen molar-refractivity contribution in [1.82, 2.24) is 20.3 Å². The third-order valence-corrected chi connectivity index (χ3v) is 3.13. The Morgan fingerprint density at radius 2 is 2.44 bits per heavy atom. The molecule has 0 aliphatic carbocycles. The second kappa shape index (κ2) is 6.72. The SMILES string of the molecule is CSCC(C)(O)CNC(=O)Cn1cc(CN)nn1. The fourth-order valence-corrected chi connectivity index (χ4v) is 2.09. The molecule has 0 radical (unpaired) electrons. The van der Waals surface area contributed by atoms with E-state index in [4.69, 9.17) is 5.73 Å². The van der Waals surface area contributed by atoms with Crippen molar-refractivity contribution in [3.05, 3.63) is 11.9 Å². The van der Waals surface area contributed by atoms with E-state index in [1.807, 2.05) is 6.26 Å². The number of rotatable bonds is 7. The Morgan fingerprint density at radius 3 is 3.00 bits per heavy atom. The molecule has 102 valence electrons. The molecule has 1 heterocycles. The molecular weight excluding hydrogens is 254 g/mol. The maximum absolute atomic E-state index is 11.6. The standard InChI is InChI=1S/C10H19N5O2S/c1-10(17,7-18-2)6-12-9(16)5-15-4-8(3-11)13-14-15/h4,17H,3,5-7,11H2,1-2H3,(H,12,16). The molecule has 1 atom stereocenters. The van der Waals surface area contributed by atoms with Crippen LogP contribution in [0.1, 0.15) is 12.6 Å². The molecule has 1 amide bonds. The molecule has 1 aromatic heterocycles. The smallest absolute Gasteiger partial charge is 0.241 e. The molecule has 1 rings (SSSR count). The summed E-state index contributed by atoms with van der Waals surface area (Å²) in [4.78, 5) is 11.6. The van der Waals surface area contributed by atoms with Gasteiger partial charge in [-0.3, -0.25) is 4.79 Å². The van der Waals surface area contributed by atoms with Crippen LogP contribution < -0.4 is 11.1 Å². The molecule has 0 saturated carbocycles. The van der Waals surface area contributed by atoms with Crippen LogP contribution in [0.3, 0.4) is 0 Å². The molecule has 0 spiro atoms. The van der Waals surface area contributed by atoms with Gasteiger partial charge in [0.2, 0.25) is 5.91 Å². The van der Waals surface area contributed by atoms with Gasteiger partial charge in [0.25, 0.3) is 0 Å². The second-order valence-electron chi connectivity index (χ2n) is 4.32. The van der Waals surface area contributed by atoms with E-state index >= 15 is 0 Å². The maximum Gasteiger partial charge on any atom is 0.241 e. The van der Waals surface area contributed by atoms with Crippen LogP contribution in [-0.4, -0.2) is 50.2 Å². The van der Waals surface area contributed by atoms with E-state index in [0.717, 1.165) is 0 Å². The zero-order valence-electron chi connectivity index (χ0n) is 10.6. The predicted molar refractivity (Wildman–Crippen MR) is 69.9 cm³/mol. The molecule has 0 fully saturated rings. The lowest BCUT2D eigenvalue weighted by Crippen LogP contribution is -2.43. The third-order valence-electron chi connectivity index (χ3n) is 2.22. The van der Waals surface area contributed by atoms with Crippen molar-refractivity contribution in [2.75, 3.05) is 18.6 Å². The van der Waals surface area contributed by atoms with Crippen LogP contribution >= 0.6 is 11.8 Å². The van der Waals surface area contributed by atoms with E-state index < -0.39 is 5.60 Å². The van der Waals surface area contributed by atoms with Gasteiger partial charge in [0.1, 0.15) is 6.54 Å². The minimum Gasteiger partial charge on any atom is -0.387 e. The molecule has 7 nitrogen and oxygen atoms in total. The molecule has 0 aliphatic rings. The van der Waals surface area contributed by atoms with Gasteiger partial charge >= 0.3 is 0 Å².